The number of Topliss-reactive ketones (excluding diaryl/α,β-unsaturated/α-hetero) is 1. The molecule has 19 aliphatic rings. The first-order chi connectivity index (χ1) is 70.7. The van der Waals surface area contributed by atoms with E-state index >= 15 is 0 Å². The molecular weight excluding hydrogens is 1970 g/mol. The molecule has 16 fully saturated rings. The highest BCUT2D eigenvalue weighted by atomic mass is 32.2. The van der Waals surface area contributed by atoms with Gasteiger partial charge in [0.1, 0.15) is 103 Å². The van der Waals surface area contributed by atoms with Crippen LogP contribution in [0.2, 0.25) is 0 Å². The van der Waals surface area contributed by atoms with Crippen molar-refractivity contribution in [3.63, 3.8) is 0 Å². The minimum atomic E-state index is -3.64. The summed E-state index contributed by atoms with van der Waals surface area (Å²) >= 11 is 0. The number of ketones is 1. The number of esters is 7. The van der Waals surface area contributed by atoms with Crippen molar-refractivity contribution in [3.8, 4) is 34.5 Å². The van der Waals surface area contributed by atoms with Crippen LogP contribution in [0.25, 0.3) is 0 Å². The normalized spacial score (nSPS) is 29.1. The molecule has 16 bridgehead atoms. The molecule has 9 aromatic rings. The topological polar surface area (TPSA) is 330 Å². The number of halogens is 6. The maximum atomic E-state index is 13.4. The lowest BCUT2D eigenvalue weighted by Crippen LogP contribution is -2.58. The van der Waals surface area contributed by atoms with E-state index in [0.717, 1.165) is 98.7 Å². The number of benzene rings is 9. The highest BCUT2D eigenvalue weighted by molar-refractivity contribution is 7.98. The van der Waals surface area contributed by atoms with Gasteiger partial charge >= 0.3 is 59.6 Å². The van der Waals surface area contributed by atoms with Crippen molar-refractivity contribution in [3.05, 3.63) is 237 Å². The number of hydrogen-bond donors (Lipinski definition) is 5. The van der Waals surface area contributed by atoms with E-state index in [2.05, 4.69) is 173 Å². The zero-order valence-corrected chi connectivity index (χ0v) is 84.9. The number of hydrogen-bond acceptors (Lipinski definition) is 23. The summed E-state index contributed by atoms with van der Waals surface area (Å²) in [4.78, 5) is 109. The van der Waals surface area contributed by atoms with Crippen LogP contribution >= 0.6 is 0 Å². The Kier molecular flexibility index (Phi) is 30.5. The van der Waals surface area contributed by atoms with E-state index in [1.54, 1.807) is 0 Å². The second kappa shape index (κ2) is 42.9. The van der Waals surface area contributed by atoms with Crippen molar-refractivity contribution in [2.75, 3.05) is 39.6 Å². The Morgan fingerprint density at radius 2 is 0.554 bits per heavy atom. The quantitative estimate of drug-likeness (QED) is 0.0172. The minimum Gasteiger partial charge on any atom is -0.462 e. The molecular formula is C116H123F6O23S3+3. The molecule has 148 heavy (non-hydrogen) atoms. The zero-order chi connectivity index (χ0) is 104. The van der Waals surface area contributed by atoms with Crippen molar-refractivity contribution >= 4 is 80.3 Å². The number of rotatable bonds is 23. The number of para-hydroxylation sites is 6. The third-order valence-corrected chi connectivity index (χ3v) is 38.6. The van der Waals surface area contributed by atoms with E-state index in [1.165, 1.54) is 44.1 Å². The summed E-state index contributed by atoms with van der Waals surface area (Å²) in [5, 5.41) is 51.3. The molecule has 9 aromatic carbocycles. The molecule has 0 saturated heterocycles. The van der Waals surface area contributed by atoms with Gasteiger partial charge in [-0.1, -0.05) is 127 Å². The Morgan fingerprint density at radius 3 is 0.831 bits per heavy atom. The summed E-state index contributed by atoms with van der Waals surface area (Å²) in [6, 6.07) is 81.9. The Labute approximate surface area is 863 Å². The molecule has 0 spiro atoms. The van der Waals surface area contributed by atoms with Crippen LogP contribution in [0.1, 0.15) is 162 Å². The standard InChI is InChI=1S/C28H38F2O8.3C18H13OS.C17H24F2O6.C17H22F2O6/c1-25(29,30)22(32)38-21-18-3-15-4-19(21)11-26(5-15,10-18)23(33)36-12-20(31)13-37-24(34)27-6-16-2-17(7-27)9-28(35,8-16)14-27;3*1-2-8-14(9-3-1)20-17-12-6-4-10-15(17)19-16-11-5-7-13-18(16)20;1-15(18,19)13(21)24-7-12(20)8-25-14(22)16-3-10-2-11(4-16)6-17(23,5-10)9-16;1-16(18,19)14(22)24-7-12(20)8-25-15(23)17-4-9-2-10(5-17)13(21)11(3-9)6-17/h15-21,31,35H,2-14H2,1H3;3*1-13H;10-12,20,23H,2-9H2,1H3;9-12,20H,2-8H2,1H3/q;3*+1;;. The first-order valence-corrected chi connectivity index (χ1v) is 54.7. The summed E-state index contributed by atoms with van der Waals surface area (Å²) in [5.41, 5.74) is -4.42. The van der Waals surface area contributed by atoms with Gasteiger partial charge in [-0.3, -0.25) is 24.0 Å². The van der Waals surface area contributed by atoms with Gasteiger partial charge in [-0.05, 0) is 298 Å². The lowest BCUT2D eigenvalue weighted by atomic mass is 9.48. The molecule has 16 aliphatic carbocycles. The minimum absolute atomic E-state index is 0.0727. The first-order valence-electron chi connectivity index (χ1n) is 51.1. The van der Waals surface area contributed by atoms with Gasteiger partial charge in [0, 0.05) is 32.6 Å². The van der Waals surface area contributed by atoms with E-state index in [9.17, 15) is 90.2 Å². The fourth-order valence-corrected chi connectivity index (χ4v) is 33.6. The average Bonchev–Trinajstić information content (AvgIpc) is 0.718. The maximum Gasteiger partial charge on any atom is 0.376 e. The van der Waals surface area contributed by atoms with Gasteiger partial charge in [0.05, 0.1) is 32.9 Å². The van der Waals surface area contributed by atoms with Crippen LogP contribution in [0.4, 0.5) is 26.3 Å². The lowest BCUT2D eigenvalue weighted by Gasteiger charge is -2.58. The molecule has 3 heterocycles. The average molecular weight is 2100 g/mol. The van der Waals surface area contributed by atoms with E-state index in [0.29, 0.717) is 127 Å². The van der Waals surface area contributed by atoms with Crippen molar-refractivity contribution < 1.29 is 138 Å². The molecule has 782 valence electrons. The van der Waals surface area contributed by atoms with Crippen molar-refractivity contribution in [2.45, 2.75) is 259 Å². The predicted molar refractivity (Wildman–Crippen MR) is 531 cm³/mol. The Balaban J connectivity index is 0.000000114. The van der Waals surface area contributed by atoms with Crippen LogP contribution in [-0.4, -0.2) is 166 Å². The molecule has 0 radical (unpaired) electrons. The molecule has 23 nitrogen and oxygen atoms in total. The summed E-state index contributed by atoms with van der Waals surface area (Å²) in [6.07, 6.45) is 10.4. The third kappa shape index (κ3) is 22.9. The molecule has 11 unspecified atom stereocenters. The summed E-state index contributed by atoms with van der Waals surface area (Å²) in [7, 11) is -0.249. The van der Waals surface area contributed by atoms with Gasteiger partial charge < -0.3 is 72.9 Å². The number of aliphatic hydroxyl groups is 5. The summed E-state index contributed by atoms with van der Waals surface area (Å²) in [5.74, 6) is -10.0. The van der Waals surface area contributed by atoms with Crippen LogP contribution < -0.4 is 14.2 Å². The lowest BCUT2D eigenvalue weighted by molar-refractivity contribution is -0.209. The molecule has 16 saturated carbocycles. The second-order valence-corrected chi connectivity index (χ2v) is 49.5. The number of ether oxygens (including phenoxy) is 10. The van der Waals surface area contributed by atoms with Gasteiger partial charge in [-0.15, -0.1) is 0 Å². The largest absolute Gasteiger partial charge is 0.462 e. The van der Waals surface area contributed by atoms with Crippen molar-refractivity contribution in [1.82, 2.24) is 0 Å². The second-order valence-electron chi connectivity index (χ2n) is 43.6. The molecule has 0 amide bonds. The summed E-state index contributed by atoms with van der Waals surface area (Å²) in [6.45, 7) is -1.47. The van der Waals surface area contributed by atoms with Crippen LogP contribution in [-0.2, 0) is 104 Å². The number of alkyl halides is 6. The number of carbonyl (C=O) groups is 8. The Hall–Kier alpha value is -11.2. The van der Waals surface area contributed by atoms with E-state index in [4.69, 9.17) is 37.9 Å². The fourth-order valence-electron chi connectivity index (χ4n) is 27.0. The van der Waals surface area contributed by atoms with Gasteiger partial charge in [-0.25, -0.2) is 14.4 Å². The van der Waals surface area contributed by atoms with Crippen LogP contribution in [0.5, 0.6) is 34.5 Å². The van der Waals surface area contributed by atoms with Gasteiger partial charge in [-0.2, -0.15) is 26.3 Å². The number of fused-ring (bicyclic) bond motifs is 6. The SMILES string of the molecule is CC(F)(F)C(=O)OC1C2CC3CC1CC(C(=O)OCC(O)COC(=O)C14CC5CC(CC(O)(C5)C1)C4)(C3)C2.CC(F)(F)C(=O)OCC(O)COC(=O)C12CC3CC(C1)C(=O)C(C3)C2.CC(F)(F)C(=O)OCC(O)COC(=O)C12CC3CC(CC(O)(C3)C1)C2.c1ccc([S+]2c3ccccc3Oc3ccccc32)cc1.c1ccc([S+]2c3ccccc3Oc3ccccc32)cc1.c1ccc([S+]2c3ccccc3Oc3ccccc32)cc1. The molecule has 3 aliphatic heterocycles. The highest BCUT2D eigenvalue weighted by Crippen LogP contribution is 2.66. The summed E-state index contributed by atoms with van der Waals surface area (Å²) < 4.78 is 131. The van der Waals surface area contributed by atoms with E-state index < -0.39 is 137 Å². The van der Waals surface area contributed by atoms with Crippen molar-refractivity contribution in [1.29, 1.82) is 0 Å². The van der Waals surface area contributed by atoms with E-state index in [-0.39, 0.29) is 87.2 Å². The van der Waals surface area contributed by atoms with Crippen LogP contribution in [0.15, 0.2) is 281 Å². The molecule has 11 atom stereocenters. The molecule has 32 heteroatoms. The number of carbonyl (C=O) groups excluding carboxylic acids is 8. The smallest absolute Gasteiger partial charge is 0.376 e. The maximum absolute atomic E-state index is 13.4. The van der Waals surface area contributed by atoms with Crippen molar-refractivity contribution in [2.24, 2.45) is 80.8 Å². The third-order valence-electron chi connectivity index (χ3n) is 31.7. The number of aliphatic hydroxyl groups excluding tert-OH is 3. The molecule has 5 N–H and O–H groups in total. The van der Waals surface area contributed by atoms with E-state index in [1.807, 2.05) is 72.8 Å². The predicted octanol–water partition coefficient (Wildman–Crippen LogP) is 20.7. The van der Waals surface area contributed by atoms with Gasteiger partial charge in [0.25, 0.3) is 0 Å². The Morgan fingerprint density at radius 1 is 0.311 bits per heavy atom. The van der Waals surface area contributed by atoms with Crippen LogP contribution in [0, 0.1) is 80.8 Å². The Bertz CT molecular complexity index is 5850. The monoisotopic (exact) mass is 2090 g/mol. The molecule has 0 aromatic heterocycles. The fraction of sp³-hybridized carbons (Fsp3) is 0.466. The first kappa shape index (κ1) is 105. The molecule has 28 rings (SSSR count). The van der Waals surface area contributed by atoms with Gasteiger partial charge in [0.2, 0.25) is 29.4 Å². The highest BCUT2D eigenvalue weighted by Gasteiger charge is 2.66. The van der Waals surface area contributed by atoms with Crippen LogP contribution in [0.3, 0.4) is 0 Å². The van der Waals surface area contributed by atoms with Gasteiger partial charge in [0.15, 0.2) is 49.2 Å². The zero-order valence-electron chi connectivity index (χ0n) is 82.5.